The van der Waals surface area contributed by atoms with Crippen LogP contribution in [0.1, 0.15) is 109 Å². The summed E-state index contributed by atoms with van der Waals surface area (Å²) in [5, 5.41) is 14.3. The van der Waals surface area contributed by atoms with Gasteiger partial charge in [0.1, 0.15) is 82.9 Å². The van der Waals surface area contributed by atoms with Gasteiger partial charge >= 0.3 is 0 Å². The highest BCUT2D eigenvalue weighted by Gasteiger charge is 2.21. The van der Waals surface area contributed by atoms with E-state index in [0.29, 0.717) is 120 Å². The molecule has 0 aliphatic rings. The van der Waals surface area contributed by atoms with Crippen molar-refractivity contribution >= 4 is 148 Å². The Balaban J connectivity index is 0.000000127. The first-order chi connectivity index (χ1) is 62.0. The normalized spacial score (nSPS) is 10.8. The number of aryl methyl sites for hydroxylation is 1. The van der Waals surface area contributed by atoms with Crippen molar-refractivity contribution in [3.05, 3.63) is 279 Å². The zero-order valence-corrected chi connectivity index (χ0v) is 69.9. The van der Waals surface area contributed by atoms with Gasteiger partial charge in [0, 0.05) is 43.8 Å². The molecule has 127 heavy (non-hydrogen) atoms. The number of hydrogen-bond acceptors (Lipinski definition) is 28. The number of nitrogens with one attached hydrogen (secondary N) is 12. The van der Waals surface area contributed by atoms with Crippen LogP contribution in [0.25, 0.3) is 78.1 Å². The molecule has 0 aliphatic carbocycles. The van der Waals surface area contributed by atoms with E-state index >= 15 is 0 Å². The van der Waals surface area contributed by atoms with Crippen molar-refractivity contribution in [2.45, 2.75) is 86.2 Å². The number of fused-ring (bicyclic) bond motifs is 7. The third kappa shape index (κ3) is 23.8. The molecular weight excluding hydrogens is 1620 g/mol. The van der Waals surface area contributed by atoms with Crippen LogP contribution in [0.4, 0.5) is 40.7 Å². The van der Waals surface area contributed by atoms with E-state index in [-0.39, 0.29) is 35.6 Å². The number of unbranched alkanes of at least 4 members (excludes halogenated alkanes) is 2. The Kier molecular flexibility index (Phi) is 30.1. The standard InChI is InChI=1S/C14H15N5.3C13H11N5O.C13H13N5.C11H15N5O.C10H11N5O/c1-2-19(8-11-6-4-3-5-7-11)14-12-13(16-9-15-12)17-10-18-14;1-8-2-4-9(5-3-8)13(19)18-12-10-11(15-6-14-10)16-7-17-12;1-18(13(19)9-5-3-2-4-6-9)12-10-11(15-7-14-10)16-8-17-12;19-10(6-9-4-2-1-3-5-9)18-13-11-12(15-7-14-11)16-8-17-13;1-9(10-5-3-2-4-6-10)18-13-11-12(15-7-14-11)16-8-17-13;1-2-3-4-5-8(17)16-11-9-10(13-6-12-9)14-7-15-11;1-6(2)3-7(16)15-10-8-9(12-4-11-8)13-5-14-10/h3-7,9-10H,2,8H2,1H3,(H,15,16,17,18);2-7H,1H3,(H2,14,15,16,17,18,19);2-8H,1H3,(H,14,15,16,17);1-5,7-8H,6H2,(H2,14,15,16,17,18,19);2-9H,1H3,(H2,14,15,16,17,18);6-7H,2-5H2,1H3,(H2,12,13,14,15,16,17);3-5H,1-2H3,(H2,11,12,13,14,15,16). The largest absolute Gasteiger partial charge is 0.362 e. The molecule has 14 heterocycles. The minimum absolute atomic E-state index is 0.0203. The van der Waals surface area contributed by atoms with Gasteiger partial charge in [0.15, 0.2) is 80.3 Å². The highest BCUT2D eigenvalue weighted by molar-refractivity contribution is 6.09. The summed E-state index contributed by atoms with van der Waals surface area (Å²) in [6.07, 6.45) is 26.3. The lowest BCUT2D eigenvalue weighted by Gasteiger charge is -2.22. The number of H-pyrrole nitrogens is 7. The summed E-state index contributed by atoms with van der Waals surface area (Å²) < 4.78 is 0. The molecule has 0 aliphatic heterocycles. The van der Waals surface area contributed by atoms with Crippen LogP contribution < -0.4 is 36.4 Å². The maximum Gasteiger partial charge on any atom is 0.259 e. The van der Waals surface area contributed by atoms with Crippen LogP contribution in [-0.4, -0.2) is 183 Å². The molecular formula is C87H87N35O5. The zero-order chi connectivity index (χ0) is 88.6. The number of hydrogen-bond donors (Lipinski definition) is 12. The Morgan fingerprint density at radius 2 is 0.764 bits per heavy atom. The number of aromatic nitrogens is 28. The summed E-state index contributed by atoms with van der Waals surface area (Å²) >= 11 is 0. The fourth-order valence-corrected chi connectivity index (χ4v) is 12.3. The molecule has 0 saturated heterocycles. The topological polar surface area (TPSA) is 533 Å². The van der Waals surface area contributed by atoms with Crippen LogP contribution in [0.15, 0.2) is 246 Å². The van der Waals surface area contributed by atoms with Crippen LogP contribution in [0, 0.1) is 6.92 Å². The molecule has 0 spiro atoms. The fraction of sp³-hybridized carbons (Fsp3) is 0.172. The molecule has 0 radical (unpaired) electrons. The zero-order valence-electron chi connectivity index (χ0n) is 69.9. The van der Waals surface area contributed by atoms with Crippen molar-refractivity contribution in [3.63, 3.8) is 0 Å². The van der Waals surface area contributed by atoms with Crippen molar-refractivity contribution in [3.8, 4) is 0 Å². The number of aromatic amines is 7. The Hall–Kier alpha value is -17.4. The summed E-state index contributed by atoms with van der Waals surface area (Å²) in [6, 6.07) is 46.7. The first kappa shape index (κ1) is 87.5. The predicted octanol–water partition coefficient (Wildman–Crippen LogP) is 13.1. The molecule has 19 aromatic rings. The number of nitrogens with zero attached hydrogens (tertiary/aromatic N) is 23. The summed E-state index contributed by atoms with van der Waals surface area (Å²) in [7, 11) is 1.68. The van der Waals surface area contributed by atoms with Gasteiger partial charge in [-0.3, -0.25) is 28.9 Å². The molecule has 5 aromatic carbocycles. The third-order valence-electron chi connectivity index (χ3n) is 18.7. The first-order valence-corrected chi connectivity index (χ1v) is 39.9. The smallest absolute Gasteiger partial charge is 0.259 e. The fourth-order valence-electron chi connectivity index (χ4n) is 12.3. The van der Waals surface area contributed by atoms with Gasteiger partial charge in [-0.1, -0.05) is 152 Å². The maximum atomic E-state index is 12.3. The molecule has 14 aromatic heterocycles. The van der Waals surface area contributed by atoms with E-state index in [2.05, 4.69) is 228 Å². The molecule has 12 N–H and O–H groups in total. The highest BCUT2D eigenvalue weighted by Crippen LogP contribution is 2.26. The lowest BCUT2D eigenvalue weighted by molar-refractivity contribution is -0.116. The minimum atomic E-state index is -0.213. The van der Waals surface area contributed by atoms with Crippen molar-refractivity contribution in [2.24, 2.45) is 0 Å². The van der Waals surface area contributed by atoms with Crippen LogP contribution in [0.3, 0.4) is 0 Å². The third-order valence-corrected chi connectivity index (χ3v) is 18.7. The van der Waals surface area contributed by atoms with E-state index < -0.39 is 0 Å². The maximum absolute atomic E-state index is 12.3. The molecule has 40 heteroatoms. The number of carbonyl (C=O) groups excluding carboxylic acids is 5. The van der Waals surface area contributed by atoms with Crippen molar-refractivity contribution in [2.75, 3.05) is 50.0 Å². The van der Waals surface area contributed by atoms with E-state index in [4.69, 9.17) is 0 Å². The van der Waals surface area contributed by atoms with Gasteiger partial charge in [-0.15, -0.1) is 0 Å². The number of anilines is 7. The molecule has 0 fully saturated rings. The van der Waals surface area contributed by atoms with Crippen LogP contribution >= 0.6 is 0 Å². The second-order valence-corrected chi connectivity index (χ2v) is 28.0. The molecule has 1 atom stereocenters. The van der Waals surface area contributed by atoms with E-state index in [1.807, 2.05) is 106 Å². The first-order valence-electron chi connectivity index (χ1n) is 39.9. The SMILES string of the molecule is CC(C)=CC(=O)Nc1ncnc2nc[nH]c12.CC(Nc1ncnc2nc[nH]c12)c1ccccc1.CCCCCC(=O)Nc1ncnc2nc[nH]c12.CCN(Cc1ccccc1)c1ncnc2nc[nH]c12.CN(C(=O)c1ccccc1)c1ncnc2nc[nH]c12.Cc1ccc(C(=O)Nc2ncnc3nc[nH]c23)cc1.O=C(Cc1ccccc1)Nc1ncnc2nc[nH]c12. The predicted molar refractivity (Wildman–Crippen MR) is 481 cm³/mol. The Labute approximate surface area is 723 Å². The quantitative estimate of drug-likeness (QED) is 0.0235. The summed E-state index contributed by atoms with van der Waals surface area (Å²) in [4.78, 5) is 169. The number of carbonyl (C=O) groups is 5. The van der Waals surface area contributed by atoms with Gasteiger partial charge in [-0.25, -0.2) is 105 Å². The van der Waals surface area contributed by atoms with Gasteiger partial charge in [0.2, 0.25) is 17.7 Å². The van der Waals surface area contributed by atoms with Gasteiger partial charge in [-0.2, -0.15) is 0 Å². The number of amides is 5. The Morgan fingerprint density at radius 3 is 1.22 bits per heavy atom. The summed E-state index contributed by atoms with van der Waals surface area (Å²) in [5.41, 5.74) is 15.6. The minimum Gasteiger partial charge on any atom is -0.362 e. The second kappa shape index (κ2) is 43.7. The lowest BCUT2D eigenvalue weighted by atomic mass is 10.1. The highest BCUT2D eigenvalue weighted by atomic mass is 16.2. The molecule has 40 nitrogen and oxygen atoms in total. The summed E-state index contributed by atoms with van der Waals surface area (Å²) in [6.45, 7) is 13.7. The molecule has 640 valence electrons. The summed E-state index contributed by atoms with van der Waals surface area (Å²) in [5.74, 6) is 3.28. The monoisotopic (exact) mass is 1700 g/mol. The van der Waals surface area contributed by atoms with Gasteiger partial charge in [-0.05, 0) is 82.0 Å². The van der Waals surface area contributed by atoms with Gasteiger partial charge in [0.05, 0.1) is 56.8 Å². The van der Waals surface area contributed by atoms with Crippen LogP contribution in [-0.2, 0) is 27.3 Å². The number of rotatable bonds is 21. The van der Waals surface area contributed by atoms with Gasteiger partial charge in [0.25, 0.3) is 11.8 Å². The van der Waals surface area contributed by atoms with E-state index in [1.54, 1.807) is 50.3 Å². The number of allylic oxidation sites excluding steroid dienone is 1. The van der Waals surface area contributed by atoms with Gasteiger partial charge < -0.3 is 66.4 Å². The molecule has 0 saturated carbocycles. The molecule has 19 rings (SSSR count). The molecule has 1 unspecified atom stereocenters. The van der Waals surface area contributed by atoms with E-state index in [0.717, 1.165) is 71.7 Å². The average molecular weight is 1700 g/mol. The average Bonchev–Trinajstić information content (AvgIpc) is 1.55. The lowest BCUT2D eigenvalue weighted by Crippen LogP contribution is -2.27. The van der Waals surface area contributed by atoms with Crippen molar-refractivity contribution in [1.82, 2.24) is 140 Å². The van der Waals surface area contributed by atoms with Crippen LogP contribution in [0.2, 0.25) is 0 Å². The second-order valence-electron chi connectivity index (χ2n) is 28.0. The number of imidazole rings is 7. The Morgan fingerprint density at radius 1 is 0.386 bits per heavy atom. The Bertz CT molecular complexity index is 6820. The van der Waals surface area contributed by atoms with Crippen molar-refractivity contribution < 1.29 is 24.0 Å². The van der Waals surface area contributed by atoms with E-state index in [1.165, 1.54) is 91.7 Å². The van der Waals surface area contributed by atoms with E-state index in [9.17, 15) is 24.0 Å². The van der Waals surface area contributed by atoms with Crippen LogP contribution in [0.5, 0.6) is 0 Å². The van der Waals surface area contributed by atoms with Crippen molar-refractivity contribution in [1.29, 1.82) is 0 Å². The molecule has 5 amide bonds. The molecule has 0 bridgehead atoms. The number of benzene rings is 5.